The van der Waals surface area contributed by atoms with E-state index < -0.39 is 20.3 Å². The normalized spacial score (nSPS) is 14.3. The minimum absolute atomic E-state index is 0.0807. The van der Waals surface area contributed by atoms with Crippen molar-refractivity contribution in [2.24, 2.45) is 0 Å². The Labute approximate surface area is 329 Å². The summed E-state index contributed by atoms with van der Waals surface area (Å²) in [6.45, 7) is 2.28. The van der Waals surface area contributed by atoms with Gasteiger partial charge in [-0.25, -0.2) is 14.5 Å². The molecule has 13 nitrogen and oxygen atoms in total. The van der Waals surface area contributed by atoms with E-state index in [1.165, 1.54) is 121 Å². The molecule has 55 heavy (non-hydrogen) atoms. The van der Waals surface area contributed by atoms with Crippen molar-refractivity contribution in [2.75, 3.05) is 26.1 Å². The van der Waals surface area contributed by atoms with Crippen molar-refractivity contribution in [1.82, 2.24) is 19.6 Å². The summed E-state index contributed by atoms with van der Waals surface area (Å²) >= 11 is 0. The topological polar surface area (TPSA) is 194 Å². The molecule has 304 valence electrons. The summed E-state index contributed by atoms with van der Waals surface area (Å²) in [4.78, 5) is 18.8. The van der Waals surface area contributed by atoms with Crippen molar-refractivity contribution in [3.8, 4) is 12.1 Å². The van der Waals surface area contributed by atoms with Gasteiger partial charge in [-0.15, -0.1) is 0 Å². The molecule has 0 saturated carbocycles. The van der Waals surface area contributed by atoms with Crippen LogP contribution in [0.4, 0.5) is 5.82 Å². The van der Waals surface area contributed by atoms with Crippen molar-refractivity contribution in [1.29, 1.82) is 10.5 Å². The highest BCUT2D eigenvalue weighted by Gasteiger charge is 2.36. The molecule has 4 unspecified atom stereocenters. The quantitative estimate of drug-likeness (QED) is 0.0402. The second kappa shape index (κ2) is 27.4. The maximum atomic E-state index is 11.0. The van der Waals surface area contributed by atoms with E-state index in [2.05, 4.69) is 28.1 Å². The molecule has 0 aromatic carbocycles. The fourth-order valence-corrected chi connectivity index (χ4v) is 7.28. The van der Waals surface area contributed by atoms with Gasteiger partial charge in [-0.2, -0.15) is 15.6 Å². The van der Waals surface area contributed by atoms with E-state index in [0.717, 1.165) is 24.8 Å². The Kier molecular flexibility index (Phi) is 22.9. The van der Waals surface area contributed by atoms with Crippen LogP contribution in [0.1, 0.15) is 158 Å². The van der Waals surface area contributed by atoms with Crippen molar-refractivity contribution in [3.05, 3.63) is 53.7 Å². The van der Waals surface area contributed by atoms with Crippen LogP contribution in [0.15, 0.2) is 36.8 Å². The molecule has 3 aromatic heterocycles. The standard InChI is InChI=1S/C41H64N7O6P/c1-3-4-5-6-7-8-9-10-11-12-13-14-15-16-17-18-19-20-21-36(52-29-34-22-23-35(27-42)45-28-34)30-53-55(50)54-32-41(31-43,51-2)26-39(49)37-24-25-38-40(44)46-33-47-48(37)38/h22-25,28,33,36,39,49-50H,3-21,26,29-30,32H2,1-2H3,(H2,44,46,47). The first-order valence-electron chi connectivity index (χ1n) is 20.3. The lowest BCUT2D eigenvalue weighted by atomic mass is 9.97. The highest BCUT2D eigenvalue weighted by atomic mass is 31.2. The maximum absolute atomic E-state index is 11.0. The van der Waals surface area contributed by atoms with Crippen LogP contribution in [-0.4, -0.2) is 61.6 Å². The first-order chi connectivity index (χ1) is 26.8. The molecule has 14 heteroatoms. The number of nitriles is 2. The number of aliphatic hydroxyl groups excluding tert-OH is 1. The van der Waals surface area contributed by atoms with Gasteiger partial charge in [-0.3, -0.25) is 0 Å². The summed E-state index contributed by atoms with van der Waals surface area (Å²) in [7, 11) is -1.04. The number of nitrogens with two attached hydrogens (primary N) is 1. The van der Waals surface area contributed by atoms with Crippen LogP contribution in [0, 0.1) is 22.7 Å². The molecule has 0 aliphatic heterocycles. The van der Waals surface area contributed by atoms with E-state index >= 15 is 0 Å². The Hall–Kier alpha value is -3.26. The SMILES string of the molecule is CCCCCCCCCCCCCCCCCCCCC(COP(O)OCC(C#N)(CC(O)c1ccc2c(N)ncnn12)OC)OCc1ccc(C#N)nc1. The van der Waals surface area contributed by atoms with Gasteiger partial charge in [0.25, 0.3) is 0 Å². The van der Waals surface area contributed by atoms with Crippen LogP contribution < -0.4 is 5.73 Å². The van der Waals surface area contributed by atoms with Crippen LogP contribution >= 0.6 is 8.60 Å². The number of hydrogen-bond donors (Lipinski definition) is 3. The molecule has 0 fully saturated rings. The Morgan fingerprint density at radius 1 is 0.855 bits per heavy atom. The highest BCUT2D eigenvalue weighted by molar-refractivity contribution is 7.40. The van der Waals surface area contributed by atoms with E-state index in [-0.39, 0.29) is 38.2 Å². The number of nitrogen functional groups attached to an aromatic ring is 1. The van der Waals surface area contributed by atoms with Gasteiger partial charge in [0, 0.05) is 19.7 Å². The Morgan fingerprint density at radius 3 is 2.02 bits per heavy atom. The van der Waals surface area contributed by atoms with Gasteiger partial charge in [0.05, 0.1) is 37.7 Å². The lowest BCUT2D eigenvalue weighted by molar-refractivity contribution is -0.0426. The number of aliphatic hydroxyl groups is 1. The van der Waals surface area contributed by atoms with Crippen LogP contribution in [0.5, 0.6) is 0 Å². The molecular weight excluding hydrogens is 717 g/mol. The molecule has 4 N–H and O–H groups in total. The molecular formula is C41H64N7O6P. The lowest BCUT2D eigenvalue weighted by Gasteiger charge is -2.28. The van der Waals surface area contributed by atoms with E-state index in [1.54, 1.807) is 30.5 Å². The number of rotatable bonds is 32. The molecule has 3 aromatic rings. The molecule has 3 heterocycles. The molecule has 0 bridgehead atoms. The van der Waals surface area contributed by atoms with Crippen LogP contribution in [0.25, 0.3) is 5.52 Å². The summed E-state index contributed by atoms with van der Waals surface area (Å²) in [6.07, 6.45) is 25.6. The van der Waals surface area contributed by atoms with Crippen LogP contribution in [0.2, 0.25) is 0 Å². The monoisotopic (exact) mass is 781 g/mol. The third-order valence-electron chi connectivity index (χ3n) is 10.1. The summed E-state index contributed by atoms with van der Waals surface area (Å²) < 4.78 is 24.4. The molecule has 0 amide bonds. The van der Waals surface area contributed by atoms with E-state index in [4.69, 9.17) is 29.5 Å². The van der Waals surface area contributed by atoms with Crippen LogP contribution in [-0.2, 0) is 25.1 Å². The lowest BCUT2D eigenvalue weighted by Crippen LogP contribution is -2.37. The number of hydrogen-bond acceptors (Lipinski definition) is 12. The molecule has 0 saturated heterocycles. The van der Waals surface area contributed by atoms with Gasteiger partial charge < -0.3 is 34.3 Å². The Bertz CT molecular complexity index is 1550. The second-order valence-electron chi connectivity index (χ2n) is 14.4. The number of methoxy groups -OCH3 is 1. The predicted octanol–water partition coefficient (Wildman–Crippen LogP) is 9.18. The first kappa shape index (κ1) is 46.1. The molecule has 0 spiro atoms. The summed E-state index contributed by atoms with van der Waals surface area (Å²) in [5, 5.41) is 34.3. The molecule has 0 aliphatic carbocycles. The summed E-state index contributed by atoms with van der Waals surface area (Å²) in [5.41, 5.74) is 6.42. The van der Waals surface area contributed by atoms with Gasteiger partial charge >= 0.3 is 8.60 Å². The highest BCUT2D eigenvalue weighted by Crippen LogP contribution is 2.37. The number of ether oxygens (including phenoxy) is 2. The van der Waals surface area contributed by atoms with Gasteiger partial charge in [0.15, 0.2) is 11.4 Å². The third kappa shape index (κ3) is 17.6. The predicted molar refractivity (Wildman–Crippen MR) is 214 cm³/mol. The molecule has 0 aliphatic rings. The molecule has 4 atom stereocenters. The van der Waals surface area contributed by atoms with E-state index in [1.807, 2.05) is 6.07 Å². The van der Waals surface area contributed by atoms with Crippen LogP contribution in [0.3, 0.4) is 0 Å². The zero-order chi connectivity index (χ0) is 39.6. The van der Waals surface area contributed by atoms with Crippen molar-refractivity contribution in [2.45, 2.75) is 160 Å². The summed E-state index contributed by atoms with van der Waals surface area (Å²) in [6, 6.07) is 10.9. The molecule has 0 radical (unpaired) electrons. The maximum Gasteiger partial charge on any atom is 0.330 e. The Morgan fingerprint density at radius 2 is 1.47 bits per heavy atom. The number of nitrogens with zero attached hydrogens (tertiary/aromatic N) is 6. The van der Waals surface area contributed by atoms with E-state index in [0.29, 0.717) is 16.9 Å². The van der Waals surface area contributed by atoms with Crippen molar-refractivity contribution < 1.29 is 28.5 Å². The number of fused-ring (bicyclic) bond motifs is 1. The number of aromatic nitrogens is 4. The number of unbranched alkanes of at least 4 members (excludes halogenated alkanes) is 17. The first-order valence-corrected chi connectivity index (χ1v) is 21.4. The van der Waals surface area contributed by atoms with E-state index in [9.17, 15) is 15.3 Å². The second-order valence-corrected chi connectivity index (χ2v) is 15.4. The smallest absolute Gasteiger partial charge is 0.330 e. The number of anilines is 1. The van der Waals surface area contributed by atoms with Gasteiger partial charge in [-0.1, -0.05) is 129 Å². The largest absolute Gasteiger partial charge is 0.387 e. The molecule has 3 rings (SSSR count). The van der Waals surface area contributed by atoms with Crippen molar-refractivity contribution >= 4 is 19.9 Å². The van der Waals surface area contributed by atoms with Gasteiger partial charge in [0.1, 0.15) is 29.7 Å². The average molecular weight is 782 g/mol. The fourth-order valence-electron chi connectivity index (χ4n) is 6.59. The average Bonchev–Trinajstić information content (AvgIpc) is 3.66. The van der Waals surface area contributed by atoms with Crippen molar-refractivity contribution in [3.63, 3.8) is 0 Å². The minimum Gasteiger partial charge on any atom is -0.387 e. The zero-order valence-electron chi connectivity index (χ0n) is 33.1. The van der Waals surface area contributed by atoms with Gasteiger partial charge in [-0.05, 0) is 30.2 Å². The third-order valence-corrected chi connectivity index (χ3v) is 10.8. The minimum atomic E-state index is -2.39. The number of pyridine rings is 1. The Balaban J connectivity index is 1.36. The summed E-state index contributed by atoms with van der Waals surface area (Å²) in [5.74, 6) is 0.259. The fraction of sp³-hybridized carbons (Fsp3) is 0.683. The zero-order valence-corrected chi connectivity index (χ0v) is 34.0. The van der Waals surface area contributed by atoms with Gasteiger partial charge in [0.2, 0.25) is 0 Å².